The van der Waals surface area contributed by atoms with Gasteiger partial charge in [0.05, 0.1) is 28.9 Å². The Labute approximate surface area is 136 Å². The van der Waals surface area contributed by atoms with E-state index >= 15 is 0 Å². The van der Waals surface area contributed by atoms with E-state index in [1.54, 1.807) is 25.3 Å². The number of benzene rings is 2. The molecule has 3 nitrogen and oxygen atoms in total. The minimum Gasteiger partial charge on any atom is -0.497 e. The Morgan fingerprint density at radius 2 is 1.52 bits per heavy atom. The highest BCUT2D eigenvalue weighted by Crippen LogP contribution is 2.39. The average molecular weight is 337 g/mol. The monoisotopic (exact) mass is 336 g/mol. The van der Waals surface area contributed by atoms with Gasteiger partial charge in [-0.25, -0.2) is 0 Å². The van der Waals surface area contributed by atoms with E-state index in [-0.39, 0.29) is 0 Å². The van der Waals surface area contributed by atoms with Gasteiger partial charge in [-0.3, -0.25) is 0 Å². The fraction of sp³-hybridized carbons (Fsp3) is 0.0667. The zero-order valence-electron chi connectivity index (χ0n) is 11.0. The summed E-state index contributed by atoms with van der Waals surface area (Å²) >= 11 is 13.7. The third kappa shape index (κ3) is 2.75. The first-order valence-corrected chi connectivity index (χ1v) is 7.60. The standard InChI is InChI=1S/C15H10Cl2N2OS/c1-20-10-7-5-9(6-8-10)14-15(19-21-18-14)13-11(16)3-2-4-12(13)17/h2-8H,1H3. The first kappa shape index (κ1) is 14.3. The van der Waals surface area contributed by atoms with Gasteiger partial charge < -0.3 is 4.74 Å². The van der Waals surface area contributed by atoms with Crippen molar-refractivity contribution in [2.24, 2.45) is 0 Å². The number of hydrogen-bond donors (Lipinski definition) is 0. The number of aromatic nitrogens is 2. The van der Waals surface area contributed by atoms with Crippen molar-refractivity contribution in [3.05, 3.63) is 52.5 Å². The van der Waals surface area contributed by atoms with Gasteiger partial charge in [-0.2, -0.15) is 8.75 Å². The maximum absolute atomic E-state index is 6.26. The molecule has 0 saturated carbocycles. The van der Waals surface area contributed by atoms with E-state index in [2.05, 4.69) is 8.75 Å². The molecule has 0 spiro atoms. The summed E-state index contributed by atoms with van der Waals surface area (Å²) < 4.78 is 13.9. The van der Waals surface area contributed by atoms with E-state index in [0.717, 1.165) is 28.7 Å². The molecular formula is C15H10Cl2N2OS. The molecule has 0 aliphatic heterocycles. The third-order valence-electron chi connectivity index (χ3n) is 3.05. The van der Waals surface area contributed by atoms with Crippen LogP contribution in [0.25, 0.3) is 22.5 Å². The second-order valence-electron chi connectivity index (χ2n) is 4.29. The van der Waals surface area contributed by atoms with Crippen LogP contribution in [0.15, 0.2) is 42.5 Å². The highest BCUT2D eigenvalue weighted by Gasteiger charge is 2.18. The third-order valence-corrected chi connectivity index (χ3v) is 4.21. The van der Waals surface area contributed by atoms with Crippen molar-refractivity contribution >= 4 is 34.9 Å². The Balaban J connectivity index is 2.12. The molecule has 0 N–H and O–H groups in total. The van der Waals surface area contributed by atoms with Crippen LogP contribution < -0.4 is 4.74 Å². The Bertz CT molecular complexity index is 751. The molecule has 1 aromatic heterocycles. The average Bonchev–Trinajstić information content (AvgIpc) is 2.96. The summed E-state index contributed by atoms with van der Waals surface area (Å²) in [4.78, 5) is 0. The van der Waals surface area contributed by atoms with Crippen LogP contribution in [-0.2, 0) is 0 Å². The minimum absolute atomic E-state index is 0.560. The molecule has 2 aromatic carbocycles. The maximum atomic E-state index is 6.26. The fourth-order valence-electron chi connectivity index (χ4n) is 2.01. The molecule has 0 bridgehead atoms. The van der Waals surface area contributed by atoms with Crippen molar-refractivity contribution in [2.45, 2.75) is 0 Å². The smallest absolute Gasteiger partial charge is 0.118 e. The predicted molar refractivity (Wildman–Crippen MR) is 87.4 cm³/mol. The molecule has 0 aliphatic carbocycles. The summed E-state index contributed by atoms with van der Waals surface area (Å²) in [5.74, 6) is 0.791. The van der Waals surface area contributed by atoms with Crippen LogP contribution >= 0.6 is 34.9 Å². The normalized spacial score (nSPS) is 10.6. The van der Waals surface area contributed by atoms with Crippen molar-refractivity contribution in [1.82, 2.24) is 8.75 Å². The number of hydrogen-bond acceptors (Lipinski definition) is 4. The number of nitrogens with zero attached hydrogens (tertiary/aromatic N) is 2. The Kier molecular flexibility index (Phi) is 4.10. The van der Waals surface area contributed by atoms with E-state index in [1.165, 1.54) is 0 Å². The fourth-order valence-corrected chi connectivity index (χ4v) is 3.17. The van der Waals surface area contributed by atoms with Crippen LogP contribution in [-0.4, -0.2) is 15.9 Å². The Morgan fingerprint density at radius 3 is 2.14 bits per heavy atom. The predicted octanol–water partition coefficient (Wildman–Crippen LogP) is 5.19. The lowest BCUT2D eigenvalue weighted by atomic mass is 10.0. The van der Waals surface area contributed by atoms with Crippen LogP contribution in [0.3, 0.4) is 0 Å². The van der Waals surface area contributed by atoms with Crippen LogP contribution in [0.4, 0.5) is 0 Å². The Hall–Kier alpha value is -1.62. The molecule has 0 saturated heterocycles. The lowest BCUT2D eigenvalue weighted by molar-refractivity contribution is 0.415. The molecule has 0 unspecified atom stereocenters. The quantitative estimate of drug-likeness (QED) is 0.660. The number of methoxy groups -OCH3 is 1. The van der Waals surface area contributed by atoms with E-state index in [1.807, 2.05) is 24.3 Å². The molecule has 21 heavy (non-hydrogen) atoms. The van der Waals surface area contributed by atoms with E-state index < -0.39 is 0 Å². The highest BCUT2D eigenvalue weighted by molar-refractivity contribution is 6.99. The van der Waals surface area contributed by atoms with E-state index in [4.69, 9.17) is 27.9 Å². The molecule has 6 heteroatoms. The maximum Gasteiger partial charge on any atom is 0.118 e. The molecule has 0 radical (unpaired) electrons. The van der Waals surface area contributed by atoms with Gasteiger partial charge >= 0.3 is 0 Å². The first-order valence-electron chi connectivity index (χ1n) is 6.12. The van der Waals surface area contributed by atoms with Gasteiger partial charge in [0.1, 0.15) is 17.1 Å². The van der Waals surface area contributed by atoms with Gasteiger partial charge in [-0.15, -0.1) is 0 Å². The summed E-state index contributed by atoms with van der Waals surface area (Å²) in [6.45, 7) is 0. The van der Waals surface area contributed by atoms with Crippen LogP contribution in [0.2, 0.25) is 10.0 Å². The molecule has 0 aliphatic rings. The van der Waals surface area contributed by atoms with Crippen molar-refractivity contribution in [1.29, 1.82) is 0 Å². The largest absolute Gasteiger partial charge is 0.497 e. The zero-order chi connectivity index (χ0) is 14.8. The molecule has 0 atom stereocenters. The number of rotatable bonds is 3. The Morgan fingerprint density at radius 1 is 0.905 bits per heavy atom. The van der Waals surface area contributed by atoms with Gasteiger partial charge in [0.25, 0.3) is 0 Å². The molecule has 3 aromatic rings. The molecule has 1 heterocycles. The van der Waals surface area contributed by atoms with Crippen LogP contribution in [0.5, 0.6) is 5.75 Å². The topological polar surface area (TPSA) is 35.0 Å². The van der Waals surface area contributed by atoms with Gasteiger partial charge in [0, 0.05) is 11.1 Å². The molecule has 106 valence electrons. The van der Waals surface area contributed by atoms with Gasteiger partial charge in [-0.05, 0) is 36.4 Å². The van der Waals surface area contributed by atoms with Crippen LogP contribution in [0, 0.1) is 0 Å². The number of ether oxygens (including phenoxy) is 1. The minimum atomic E-state index is 0.560. The lowest BCUT2D eigenvalue weighted by Gasteiger charge is -2.06. The summed E-state index contributed by atoms with van der Waals surface area (Å²) in [5, 5.41) is 1.12. The summed E-state index contributed by atoms with van der Waals surface area (Å²) in [7, 11) is 1.63. The zero-order valence-corrected chi connectivity index (χ0v) is 13.3. The number of halogens is 2. The first-order chi connectivity index (χ1) is 10.2. The van der Waals surface area contributed by atoms with Crippen molar-refractivity contribution in [3.8, 4) is 28.3 Å². The molecular weight excluding hydrogens is 327 g/mol. The summed E-state index contributed by atoms with van der Waals surface area (Å²) in [6.07, 6.45) is 0. The highest BCUT2D eigenvalue weighted by atomic mass is 35.5. The molecule has 3 rings (SSSR count). The SMILES string of the molecule is COc1ccc(-c2nsnc2-c2c(Cl)cccc2Cl)cc1. The van der Waals surface area contributed by atoms with Crippen LogP contribution in [0.1, 0.15) is 0 Å². The molecule has 0 amide bonds. The summed E-state index contributed by atoms with van der Waals surface area (Å²) in [5.41, 5.74) is 3.11. The summed E-state index contributed by atoms with van der Waals surface area (Å²) in [6, 6.07) is 13.0. The molecule has 0 fully saturated rings. The van der Waals surface area contributed by atoms with E-state index in [9.17, 15) is 0 Å². The van der Waals surface area contributed by atoms with Crippen molar-refractivity contribution in [3.63, 3.8) is 0 Å². The lowest BCUT2D eigenvalue weighted by Crippen LogP contribution is -1.87. The second-order valence-corrected chi connectivity index (χ2v) is 5.63. The van der Waals surface area contributed by atoms with Crippen molar-refractivity contribution < 1.29 is 4.74 Å². The van der Waals surface area contributed by atoms with Crippen molar-refractivity contribution in [2.75, 3.05) is 7.11 Å². The van der Waals surface area contributed by atoms with E-state index in [0.29, 0.717) is 21.3 Å². The van der Waals surface area contributed by atoms with Gasteiger partial charge in [0.15, 0.2) is 0 Å². The van der Waals surface area contributed by atoms with Gasteiger partial charge in [-0.1, -0.05) is 29.3 Å². The second kappa shape index (κ2) is 6.02. The van der Waals surface area contributed by atoms with Gasteiger partial charge in [0.2, 0.25) is 0 Å².